The fourth-order valence-electron chi connectivity index (χ4n) is 1.84. The Labute approximate surface area is 120 Å². The lowest BCUT2D eigenvalue weighted by atomic mass is 10.1. The number of rotatable bonds is 7. The quantitative estimate of drug-likeness (QED) is 0.805. The highest BCUT2D eigenvalue weighted by Gasteiger charge is 2.12. The summed E-state index contributed by atoms with van der Waals surface area (Å²) in [7, 11) is -3.20. The highest BCUT2D eigenvalue weighted by Crippen LogP contribution is 2.15. The molecular formula is C14H22N2O3S. The van der Waals surface area contributed by atoms with Crippen LogP contribution in [0.15, 0.2) is 29.2 Å². The molecule has 0 aliphatic heterocycles. The van der Waals surface area contributed by atoms with Crippen LogP contribution in [0.2, 0.25) is 0 Å². The van der Waals surface area contributed by atoms with E-state index in [1.807, 2.05) is 6.92 Å². The van der Waals surface area contributed by atoms with E-state index >= 15 is 0 Å². The fourth-order valence-corrected chi connectivity index (χ4v) is 2.72. The maximum atomic E-state index is 11.7. The summed E-state index contributed by atoms with van der Waals surface area (Å²) in [5.74, 6) is -0.0954. The summed E-state index contributed by atoms with van der Waals surface area (Å²) in [6, 6.07) is 6.04. The molecule has 1 aromatic rings. The van der Waals surface area contributed by atoms with Crippen molar-refractivity contribution in [3.05, 3.63) is 24.3 Å². The largest absolute Gasteiger partial charge is 0.327 e. The zero-order valence-corrected chi connectivity index (χ0v) is 12.7. The van der Waals surface area contributed by atoms with Crippen molar-refractivity contribution in [1.29, 1.82) is 0 Å². The number of nitrogens with one attached hydrogen (secondary N) is 1. The molecule has 1 rings (SSSR count). The third kappa shape index (κ3) is 4.94. The van der Waals surface area contributed by atoms with Gasteiger partial charge in [-0.2, -0.15) is 0 Å². The van der Waals surface area contributed by atoms with Gasteiger partial charge in [0, 0.05) is 18.2 Å². The Balaban J connectivity index is 2.64. The Morgan fingerprint density at radius 3 is 2.35 bits per heavy atom. The first kappa shape index (κ1) is 16.7. The highest BCUT2D eigenvalue weighted by molar-refractivity contribution is 7.91. The van der Waals surface area contributed by atoms with Gasteiger partial charge in [-0.25, -0.2) is 8.42 Å². The number of carbonyl (C=O) groups is 1. The molecule has 0 heterocycles. The van der Waals surface area contributed by atoms with Crippen molar-refractivity contribution < 1.29 is 13.2 Å². The summed E-state index contributed by atoms with van der Waals surface area (Å²) >= 11 is 0. The minimum Gasteiger partial charge on any atom is -0.327 e. The molecule has 0 aliphatic rings. The number of amides is 1. The van der Waals surface area contributed by atoms with Gasteiger partial charge in [-0.3, -0.25) is 4.79 Å². The van der Waals surface area contributed by atoms with Gasteiger partial charge >= 0.3 is 0 Å². The van der Waals surface area contributed by atoms with Gasteiger partial charge in [-0.1, -0.05) is 20.3 Å². The summed E-state index contributed by atoms with van der Waals surface area (Å²) in [5.41, 5.74) is 6.38. The zero-order chi connectivity index (χ0) is 15.2. The maximum absolute atomic E-state index is 11.7. The van der Waals surface area contributed by atoms with E-state index in [4.69, 9.17) is 5.73 Å². The van der Waals surface area contributed by atoms with Gasteiger partial charge in [-0.15, -0.1) is 0 Å². The van der Waals surface area contributed by atoms with E-state index in [1.54, 1.807) is 19.1 Å². The third-order valence-electron chi connectivity index (χ3n) is 2.98. The summed E-state index contributed by atoms with van der Waals surface area (Å²) in [6.07, 6.45) is 2.02. The molecule has 112 valence electrons. The van der Waals surface area contributed by atoms with Gasteiger partial charge in [-0.05, 0) is 30.7 Å². The Morgan fingerprint density at radius 2 is 1.85 bits per heavy atom. The number of carbonyl (C=O) groups excluding carboxylic acids is 1. The number of anilines is 1. The number of benzene rings is 1. The van der Waals surface area contributed by atoms with E-state index in [2.05, 4.69) is 5.32 Å². The van der Waals surface area contributed by atoms with Crippen molar-refractivity contribution in [3.63, 3.8) is 0 Å². The Bertz CT molecular complexity index is 538. The predicted octanol–water partition coefficient (Wildman–Crippen LogP) is 1.94. The first-order chi connectivity index (χ1) is 9.39. The first-order valence-electron chi connectivity index (χ1n) is 6.77. The molecule has 1 amide bonds. The number of hydrogen-bond acceptors (Lipinski definition) is 4. The van der Waals surface area contributed by atoms with Crippen LogP contribution in [0.1, 0.15) is 33.1 Å². The van der Waals surface area contributed by atoms with Crippen LogP contribution >= 0.6 is 0 Å². The molecule has 1 aromatic carbocycles. The van der Waals surface area contributed by atoms with Crippen molar-refractivity contribution in [1.82, 2.24) is 0 Å². The molecule has 0 bridgehead atoms. The van der Waals surface area contributed by atoms with Crippen LogP contribution in [0.3, 0.4) is 0 Å². The molecule has 20 heavy (non-hydrogen) atoms. The molecule has 0 radical (unpaired) electrons. The van der Waals surface area contributed by atoms with E-state index < -0.39 is 9.84 Å². The molecule has 0 aliphatic carbocycles. The molecule has 5 nitrogen and oxygen atoms in total. The highest BCUT2D eigenvalue weighted by atomic mass is 32.2. The summed E-state index contributed by atoms with van der Waals surface area (Å²) in [6.45, 7) is 3.62. The SMILES string of the molecule is CCCC(N)CC(=O)Nc1ccc(S(=O)(=O)CC)cc1. The summed E-state index contributed by atoms with van der Waals surface area (Å²) < 4.78 is 23.3. The van der Waals surface area contributed by atoms with Crippen LogP contribution in [0.4, 0.5) is 5.69 Å². The molecule has 0 fully saturated rings. The van der Waals surface area contributed by atoms with Crippen LogP contribution in [-0.4, -0.2) is 26.1 Å². The van der Waals surface area contributed by atoms with Crippen molar-refractivity contribution in [2.45, 2.75) is 44.0 Å². The van der Waals surface area contributed by atoms with Crippen molar-refractivity contribution in [2.24, 2.45) is 5.73 Å². The standard InChI is InChI=1S/C14H22N2O3S/c1-3-5-11(15)10-14(17)16-12-6-8-13(9-7-12)20(18,19)4-2/h6-9,11H,3-5,10,15H2,1-2H3,(H,16,17). The van der Waals surface area contributed by atoms with Gasteiger partial charge in [0.1, 0.15) is 0 Å². The van der Waals surface area contributed by atoms with E-state index in [0.29, 0.717) is 5.69 Å². The lowest BCUT2D eigenvalue weighted by Crippen LogP contribution is -2.26. The van der Waals surface area contributed by atoms with Crippen LogP contribution < -0.4 is 11.1 Å². The molecule has 0 spiro atoms. The number of nitrogens with two attached hydrogens (primary N) is 1. The maximum Gasteiger partial charge on any atom is 0.225 e. The topological polar surface area (TPSA) is 89.3 Å². The fraction of sp³-hybridized carbons (Fsp3) is 0.500. The molecule has 6 heteroatoms. The van der Waals surface area contributed by atoms with Crippen LogP contribution in [0.5, 0.6) is 0 Å². The van der Waals surface area contributed by atoms with Gasteiger partial charge in [0.05, 0.1) is 10.6 Å². The average Bonchev–Trinajstić information content (AvgIpc) is 2.39. The molecule has 0 aromatic heterocycles. The smallest absolute Gasteiger partial charge is 0.225 e. The molecule has 3 N–H and O–H groups in total. The van der Waals surface area contributed by atoms with E-state index in [-0.39, 0.29) is 29.0 Å². The minimum absolute atomic E-state index is 0.0601. The van der Waals surface area contributed by atoms with Crippen molar-refractivity contribution >= 4 is 21.4 Å². The lowest BCUT2D eigenvalue weighted by molar-refractivity contribution is -0.116. The minimum atomic E-state index is -3.20. The first-order valence-corrected chi connectivity index (χ1v) is 8.42. The average molecular weight is 298 g/mol. The second-order valence-corrected chi connectivity index (χ2v) is 7.01. The van der Waals surface area contributed by atoms with Crippen molar-refractivity contribution in [2.75, 3.05) is 11.1 Å². The normalized spacial score (nSPS) is 12.9. The number of hydrogen-bond donors (Lipinski definition) is 2. The Kier molecular flexibility index (Phi) is 6.16. The summed E-state index contributed by atoms with van der Waals surface area (Å²) in [4.78, 5) is 12.0. The molecule has 0 saturated heterocycles. The van der Waals surface area contributed by atoms with E-state index in [9.17, 15) is 13.2 Å². The molecule has 0 saturated carbocycles. The number of sulfone groups is 1. The van der Waals surface area contributed by atoms with Crippen molar-refractivity contribution in [3.8, 4) is 0 Å². The second kappa shape index (κ2) is 7.40. The predicted molar refractivity (Wildman–Crippen MR) is 80.3 cm³/mol. The zero-order valence-electron chi connectivity index (χ0n) is 11.9. The Morgan fingerprint density at radius 1 is 1.25 bits per heavy atom. The van der Waals surface area contributed by atoms with Gasteiger partial charge in [0.15, 0.2) is 9.84 Å². The Hall–Kier alpha value is -1.40. The monoisotopic (exact) mass is 298 g/mol. The van der Waals surface area contributed by atoms with Gasteiger partial charge < -0.3 is 11.1 Å². The lowest BCUT2D eigenvalue weighted by Gasteiger charge is -2.11. The van der Waals surface area contributed by atoms with E-state index in [0.717, 1.165) is 12.8 Å². The van der Waals surface area contributed by atoms with Gasteiger partial charge in [0.2, 0.25) is 5.91 Å². The van der Waals surface area contributed by atoms with Crippen LogP contribution in [-0.2, 0) is 14.6 Å². The third-order valence-corrected chi connectivity index (χ3v) is 4.73. The summed E-state index contributed by atoms with van der Waals surface area (Å²) in [5, 5.41) is 2.71. The molecule has 1 unspecified atom stereocenters. The van der Waals surface area contributed by atoms with Crippen LogP contribution in [0, 0.1) is 0 Å². The van der Waals surface area contributed by atoms with Gasteiger partial charge in [0.25, 0.3) is 0 Å². The van der Waals surface area contributed by atoms with E-state index in [1.165, 1.54) is 12.1 Å². The molecule has 1 atom stereocenters. The second-order valence-electron chi connectivity index (χ2n) is 4.73. The van der Waals surface area contributed by atoms with Crippen LogP contribution in [0.25, 0.3) is 0 Å². The molecular weight excluding hydrogens is 276 g/mol.